The summed E-state index contributed by atoms with van der Waals surface area (Å²) in [5.74, 6) is 0.384. The molecule has 0 atom stereocenters. The monoisotopic (exact) mass is 418 g/mol. The molecular weight excluding hydrogens is 396 g/mol. The van der Waals surface area contributed by atoms with E-state index in [1.807, 2.05) is 31.2 Å². The van der Waals surface area contributed by atoms with Gasteiger partial charge in [-0.1, -0.05) is 30.3 Å². The number of rotatable bonds is 8. The predicted octanol–water partition coefficient (Wildman–Crippen LogP) is 3.75. The van der Waals surface area contributed by atoms with Gasteiger partial charge in [0.1, 0.15) is 5.75 Å². The molecule has 3 aromatic rings. The highest BCUT2D eigenvalue weighted by Crippen LogP contribution is 2.28. The second-order valence-electron chi connectivity index (χ2n) is 6.56. The number of aryl methyl sites for hydroxylation is 1. The summed E-state index contributed by atoms with van der Waals surface area (Å²) in [5.41, 5.74) is 4.53. The second-order valence-corrected chi connectivity index (χ2v) is 6.56. The van der Waals surface area contributed by atoms with Crippen LogP contribution in [0.5, 0.6) is 17.2 Å². The molecule has 1 amide bonds. The highest BCUT2D eigenvalue weighted by Gasteiger charge is 2.12. The number of benzene rings is 3. The van der Waals surface area contributed by atoms with E-state index in [-0.39, 0.29) is 12.4 Å². The zero-order chi connectivity index (χ0) is 22.1. The highest BCUT2D eigenvalue weighted by atomic mass is 16.6. The fourth-order valence-electron chi connectivity index (χ4n) is 2.65. The highest BCUT2D eigenvalue weighted by molar-refractivity contribution is 5.91. The first-order valence-electron chi connectivity index (χ1n) is 9.52. The van der Waals surface area contributed by atoms with Gasteiger partial charge >= 0.3 is 5.97 Å². The maximum atomic E-state index is 12.2. The predicted molar refractivity (Wildman–Crippen MR) is 117 cm³/mol. The molecule has 0 radical (unpaired) electrons. The van der Waals surface area contributed by atoms with Gasteiger partial charge in [-0.2, -0.15) is 5.10 Å². The molecule has 158 valence electrons. The molecule has 0 bridgehead atoms. The largest absolute Gasteiger partial charge is 0.493 e. The van der Waals surface area contributed by atoms with Crippen molar-refractivity contribution in [2.24, 2.45) is 5.10 Å². The fraction of sp³-hybridized carbons (Fsp3) is 0.125. The third-order valence-corrected chi connectivity index (χ3v) is 4.16. The Morgan fingerprint density at radius 1 is 0.968 bits per heavy atom. The Kier molecular flexibility index (Phi) is 7.37. The number of amides is 1. The number of hydrogen-bond donors (Lipinski definition) is 1. The van der Waals surface area contributed by atoms with E-state index in [0.717, 1.165) is 5.56 Å². The number of carbonyl (C=O) groups is 2. The van der Waals surface area contributed by atoms with E-state index in [2.05, 4.69) is 10.5 Å². The molecule has 0 aromatic heterocycles. The first kappa shape index (κ1) is 21.6. The van der Waals surface area contributed by atoms with Crippen LogP contribution in [-0.2, 0) is 4.79 Å². The van der Waals surface area contributed by atoms with Crippen LogP contribution in [0, 0.1) is 6.92 Å². The van der Waals surface area contributed by atoms with Crippen LogP contribution in [0.1, 0.15) is 21.5 Å². The Balaban J connectivity index is 1.55. The summed E-state index contributed by atoms with van der Waals surface area (Å²) >= 11 is 0. The van der Waals surface area contributed by atoms with Gasteiger partial charge in [0.25, 0.3) is 5.91 Å². The number of nitrogens with zero attached hydrogens (tertiary/aromatic N) is 1. The Morgan fingerprint density at radius 3 is 2.52 bits per heavy atom. The van der Waals surface area contributed by atoms with Crippen LogP contribution < -0.4 is 19.6 Å². The van der Waals surface area contributed by atoms with Crippen molar-refractivity contribution in [3.05, 3.63) is 89.5 Å². The van der Waals surface area contributed by atoms with Crippen LogP contribution in [-0.4, -0.2) is 31.8 Å². The van der Waals surface area contributed by atoms with E-state index in [4.69, 9.17) is 14.2 Å². The topological polar surface area (TPSA) is 86.2 Å². The normalized spacial score (nSPS) is 10.5. The minimum Gasteiger partial charge on any atom is -0.493 e. The molecule has 3 aromatic carbocycles. The zero-order valence-corrected chi connectivity index (χ0v) is 17.2. The molecule has 7 heteroatoms. The number of hydrogen-bond acceptors (Lipinski definition) is 6. The molecule has 0 spiro atoms. The second kappa shape index (κ2) is 10.6. The van der Waals surface area contributed by atoms with Crippen molar-refractivity contribution in [2.75, 3.05) is 13.7 Å². The third kappa shape index (κ3) is 6.43. The van der Waals surface area contributed by atoms with E-state index in [9.17, 15) is 9.59 Å². The van der Waals surface area contributed by atoms with Gasteiger partial charge in [0.05, 0.1) is 18.9 Å². The van der Waals surface area contributed by atoms with E-state index in [0.29, 0.717) is 22.6 Å². The number of nitrogens with one attached hydrogen (secondary N) is 1. The maximum absolute atomic E-state index is 12.2. The SMILES string of the molecule is COc1cc(/C=N/NC(=O)COc2cccc(C)c2)ccc1OC(=O)c1ccccc1. The van der Waals surface area contributed by atoms with Gasteiger partial charge in [-0.15, -0.1) is 0 Å². The molecule has 1 N–H and O–H groups in total. The van der Waals surface area contributed by atoms with Crippen molar-refractivity contribution >= 4 is 18.1 Å². The molecule has 0 saturated heterocycles. The lowest BCUT2D eigenvalue weighted by Crippen LogP contribution is -2.24. The molecular formula is C24H22N2O5. The standard InChI is InChI=1S/C24H22N2O5/c1-17-7-6-10-20(13-17)30-16-23(27)26-25-15-18-11-12-21(22(14-18)29-2)31-24(28)19-8-4-3-5-9-19/h3-15H,16H2,1-2H3,(H,26,27)/b25-15+. The van der Waals surface area contributed by atoms with Gasteiger partial charge in [0.15, 0.2) is 18.1 Å². The summed E-state index contributed by atoms with van der Waals surface area (Å²) in [5, 5.41) is 3.92. The van der Waals surface area contributed by atoms with Crippen molar-refractivity contribution in [1.29, 1.82) is 0 Å². The van der Waals surface area contributed by atoms with Crippen LogP contribution >= 0.6 is 0 Å². The van der Waals surface area contributed by atoms with Crippen molar-refractivity contribution in [2.45, 2.75) is 6.92 Å². The molecule has 0 heterocycles. The van der Waals surface area contributed by atoms with Gasteiger partial charge in [0.2, 0.25) is 0 Å². The van der Waals surface area contributed by atoms with Crippen molar-refractivity contribution in [3.63, 3.8) is 0 Å². The lowest BCUT2D eigenvalue weighted by Gasteiger charge is -2.10. The third-order valence-electron chi connectivity index (χ3n) is 4.16. The van der Waals surface area contributed by atoms with Gasteiger partial charge < -0.3 is 14.2 Å². The van der Waals surface area contributed by atoms with Gasteiger partial charge in [-0.05, 0) is 60.5 Å². The van der Waals surface area contributed by atoms with Crippen LogP contribution in [0.15, 0.2) is 77.9 Å². The van der Waals surface area contributed by atoms with Crippen molar-refractivity contribution < 1.29 is 23.8 Å². The van der Waals surface area contributed by atoms with E-state index >= 15 is 0 Å². The molecule has 0 unspecified atom stereocenters. The van der Waals surface area contributed by atoms with Crippen LogP contribution in [0.3, 0.4) is 0 Å². The minimum atomic E-state index is -0.485. The van der Waals surface area contributed by atoms with E-state index in [1.165, 1.54) is 13.3 Å². The molecule has 3 rings (SSSR count). The first-order chi connectivity index (χ1) is 15.0. The molecule has 0 aliphatic carbocycles. The van der Waals surface area contributed by atoms with Gasteiger partial charge in [-0.3, -0.25) is 4.79 Å². The lowest BCUT2D eigenvalue weighted by atomic mass is 10.2. The number of methoxy groups -OCH3 is 1. The molecule has 0 saturated carbocycles. The summed E-state index contributed by atoms with van der Waals surface area (Å²) in [7, 11) is 1.47. The molecule has 0 aliphatic heterocycles. The summed E-state index contributed by atoms with van der Waals surface area (Å²) in [6.45, 7) is 1.79. The smallest absolute Gasteiger partial charge is 0.343 e. The molecule has 31 heavy (non-hydrogen) atoms. The van der Waals surface area contributed by atoms with E-state index < -0.39 is 11.9 Å². The lowest BCUT2D eigenvalue weighted by molar-refractivity contribution is -0.123. The number of carbonyl (C=O) groups excluding carboxylic acids is 2. The quantitative estimate of drug-likeness (QED) is 0.261. The Hall–Kier alpha value is -4.13. The van der Waals surface area contributed by atoms with Crippen LogP contribution in [0.25, 0.3) is 0 Å². The Labute approximate surface area is 180 Å². The van der Waals surface area contributed by atoms with Crippen molar-refractivity contribution in [1.82, 2.24) is 5.43 Å². The Bertz CT molecular complexity index is 1080. The Morgan fingerprint density at radius 2 is 1.77 bits per heavy atom. The molecule has 0 fully saturated rings. The average Bonchev–Trinajstić information content (AvgIpc) is 2.79. The summed E-state index contributed by atoms with van der Waals surface area (Å²) in [6, 6.07) is 21.0. The maximum Gasteiger partial charge on any atom is 0.343 e. The van der Waals surface area contributed by atoms with E-state index in [1.54, 1.807) is 48.5 Å². The zero-order valence-electron chi connectivity index (χ0n) is 17.2. The number of hydrazone groups is 1. The van der Waals surface area contributed by atoms with Gasteiger partial charge in [0, 0.05) is 0 Å². The minimum absolute atomic E-state index is 0.154. The molecule has 7 nitrogen and oxygen atoms in total. The summed E-state index contributed by atoms with van der Waals surface area (Å²) in [4.78, 5) is 24.1. The first-order valence-corrected chi connectivity index (χ1v) is 9.52. The fourth-order valence-corrected chi connectivity index (χ4v) is 2.65. The van der Waals surface area contributed by atoms with Crippen molar-refractivity contribution in [3.8, 4) is 17.2 Å². The summed E-state index contributed by atoms with van der Waals surface area (Å²) in [6.07, 6.45) is 1.45. The number of esters is 1. The van der Waals surface area contributed by atoms with Gasteiger partial charge in [-0.25, -0.2) is 10.2 Å². The molecule has 0 aliphatic rings. The average molecular weight is 418 g/mol. The summed E-state index contributed by atoms with van der Waals surface area (Å²) < 4.78 is 16.1. The van der Waals surface area contributed by atoms with Crippen LogP contribution in [0.2, 0.25) is 0 Å². The van der Waals surface area contributed by atoms with Crippen LogP contribution in [0.4, 0.5) is 0 Å². The number of ether oxygens (including phenoxy) is 3.